The molecule has 180 valence electrons. The van der Waals surface area contributed by atoms with Crippen molar-refractivity contribution in [3.63, 3.8) is 0 Å². The number of carbonyl (C=O) groups excluding carboxylic acids is 2. The highest BCUT2D eigenvalue weighted by atomic mass is 16.5. The van der Waals surface area contributed by atoms with E-state index in [0.29, 0.717) is 11.5 Å². The number of esters is 2. The summed E-state index contributed by atoms with van der Waals surface area (Å²) < 4.78 is 10.2. The van der Waals surface area contributed by atoms with Crippen LogP contribution in [0, 0.1) is 0 Å². The SMILES string of the molecule is C=CC(=O)Oc1cccc(-c2cccc(OC(=O)C=C)c2)c1.Oc1cccc(-c2cccc(O)c2)c1. The molecule has 4 rings (SSSR count). The summed E-state index contributed by atoms with van der Waals surface area (Å²) in [6.45, 7) is 6.71. The number of phenolic OH excluding ortho intramolecular Hbond substituents is 2. The van der Waals surface area contributed by atoms with Gasteiger partial charge in [-0.2, -0.15) is 0 Å². The molecule has 0 amide bonds. The van der Waals surface area contributed by atoms with Gasteiger partial charge in [-0.15, -0.1) is 0 Å². The summed E-state index contributed by atoms with van der Waals surface area (Å²) in [5, 5.41) is 18.6. The van der Waals surface area contributed by atoms with E-state index in [4.69, 9.17) is 9.47 Å². The number of phenols is 2. The first kappa shape index (κ1) is 25.5. The lowest BCUT2D eigenvalue weighted by Crippen LogP contribution is -2.03. The fraction of sp³-hybridized carbons (Fsp3) is 0. The van der Waals surface area contributed by atoms with Crippen LogP contribution < -0.4 is 9.47 Å². The highest BCUT2D eigenvalue weighted by Gasteiger charge is 2.06. The second-order valence-corrected chi connectivity index (χ2v) is 7.41. The Morgan fingerprint density at radius 3 is 1.22 bits per heavy atom. The normalized spacial score (nSPS) is 9.78. The number of aromatic hydroxyl groups is 2. The van der Waals surface area contributed by atoms with Crippen molar-refractivity contribution in [3.8, 4) is 45.3 Å². The molecule has 4 aromatic rings. The third-order valence-electron chi connectivity index (χ3n) is 4.80. The van der Waals surface area contributed by atoms with E-state index >= 15 is 0 Å². The molecule has 0 unspecified atom stereocenters. The van der Waals surface area contributed by atoms with Crippen LogP contribution in [0.25, 0.3) is 22.3 Å². The van der Waals surface area contributed by atoms with E-state index in [1.165, 1.54) is 0 Å². The van der Waals surface area contributed by atoms with Crippen LogP contribution in [0.5, 0.6) is 23.0 Å². The van der Waals surface area contributed by atoms with Gasteiger partial charge in [-0.05, 0) is 70.8 Å². The van der Waals surface area contributed by atoms with Crippen molar-refractivity contribution in [2.24, 2.45) is 0 Å². The molecule has 0 atom stereocenters. The number of rotatable bonds is 6. The largest absolute Gasteiger partial charge is 0.508 e. The number of carbonyl (C=O) groups is 2. The zero-order valence-corrected chi connectivity index (χ0v) is 19.3. The van der Waals surface area contributed by atoms with Crippen molar-refractivity contribution < 1.29 is 29.3 Å². The molecule has 0 aliphatic carbocycles. The third kappa shape index (κ3) is 7.46. The zero-order chi connectivity index (χ0) is 25.9. The maximum Gasteiger partial charge on any atom is 0.335 e. The Morgan fingerprint density at radius 2 is 0.889 bits per heavy atom. The first-order chi connectivity index (χ1) is 17.4. The fourth-order valence-corrected chi connectivity index (χ4v) is 3.16. The minimum absolute atomic E-state index is 0.228. The predicted molar refractivity (Wildman–Crippen MR) is 139 cm³/mol. The molecule has 0 aromatic heterocycles. The van der Waals surface area contributed by atoms with E-state index in [1.807, 2.05) is 24.3 Å². The van der Waals surface area contributed by atoms with Crippen LogP contribution in [0.2, 0.25) is 0 Å². The molecule has 6 heteroatoms. The van der Waals surface area contributed by atoms with Gasteiger partial charge in [0.25, 0.3) is 0 Å². The predicted octanol–water partition coefficient (Wildman–Crippen LogP) is 6.30. The van der Waals surface area contributed by atoms with Crippen LogP contribution in [-0.4, -0.2) is 22.2 Å². The summed E-state index contributed by atoms with van der Waals surface area (Å²) in [7, 11) is 0. The first-order valence-corrected chi connectivity index (χ1v) is 10.9. The Bertz CT molecular complexity index is 1280. The second-order valence-electron chi connectivity index (χ2n) is 7.41. The monoisotopic (exact) mass is 480 g/mol. The summed E-state index contributed by atoms with van der Waals surface area (Å²) >= 11 is 0. The highest BCUT2D eigenvalue weighted by molar-refractivity contribution is 5.84. The van der Waals surface area contributed by atoms with Crippen LogP contribution in [0.3, 0.4) is 0 Å². The van der Waals surface area contributed by atoms with Crippen LogP contribution in [0.15, 0.2) is 122 Å². The highest BCUT2D eigenvalue weighted by Crippen LogP contribution is 2.27. The van der Waals surface area contributed by atoms with Gasteiger partial charge < -0.3 is 19.7 Å². The number of benzene rings is 4. The van der Waals surface area contributed by atoms with Crippen molar-refractivity contribution in [1.29, 1.82) is 0 Å². The van der Waals surface area contributed by atoms with E-state index < -0.39 is 11.9 Å². The van der Waals surface area contributed by atoms with Gasteiger partial charge in [-0.1, -0.05) is 61.7 Å². The van der Waals surface area contributed by atoms with E-state index in [1.54, 1.807) is 72.8 Å². The molecule has 0 saturated carbocycles. The van der Waals surface area contributed by atoms with Crippen LogP contribution in [0.1, 0.15) is 0 Å². The van der Waals surface area contributed by atoms with Crippen molar-refractivity contribution in [2.45, 2.75) is 0 Å². The van der Waals surface area contributed by atoms with Gasteiger partial charge in [0.05, 0.1) is 0 Å². The first-order valence-electron chi connectivity index (χ1n) is 10.9. The molecule has 0 radical (unpaired) electrons. The molecule has 0 saturated heterocycles. The minimum atomic E-state index is -0.522. The summed E-state index contributed by atoms with van der Waals surface area (Å²) in [5.41, 5.74) is 3.43. The van der Waals surface area contributed by atoms with Crippen molar-refractivity contribution in [3.05, 3.63) is 122 Å². The van der Waals surface area contributed by atoms with Crippen LogP contribution >= 0.6 is 0 Å². The lowest BCUT2D eigenvalue weighted by atomic mass is 10.1. The molecule has 0 aliphatic rings. The van der Waals surface area contributed by atoms with Crippen molar-refractivity contribution in [2.75, 3.05) is 0 Å². The van der Waals surface area contributed by atoms with E-state index in [2.05, 4.69) is 13.2 Å². The van der Waals surface area contributed by atoms with E-state index in [0.717, 1.165) is 34.4 Å². The van der Waals surface area contributed by atoms with Crippen LogP contribution in [0.4, 0.5) is 0 Å². The Kier molecular flexibility index (Phi) is 8.78. The number of ether oxygens (including phenoxy) is 2. The molecule has 0 fully saturated rings. The van der Waals surface area contributed by atoms with Gasteiger partial charge in [0.15, 0.2) is 0 Å². The van der Waals surface area contributed by atoms with Gasteiger partial charge in [0, 0.05) is 12.2 Å². The van der Waals surface area contributed by atoms with Crippen LogP contribution in [-0.2, 0) is 9.59 Å². The second kappa shape index (κ2) is 12.4. The molecule has 0 bridgehead atoms. The van der Waals surface area contributed by atoms with E-state index in [-0.39, 0.29) is 11.5 Å². The topological polar surface area (TPSA) is 93.1 Å². The molecule has 4 aromatic carbocycles. The summed E-state index contributed by atoms with van der Waals surface area (Å²) in [4.78, 5) is 22.5. The Morgan fingerprint density at radius 1 is 0.556 bits per heavy atom. The van der Waals surface area contributed by atoms with Gasteiger partial charge in [0.2, 0.25) is 0 Å². The molecule has 2 N–H and O–H groups in total. The summed E-state index contributed by atoms with van der Waals surface area (Å²) in [6, 6.07) is 27.9. The zero-order valence-electron chi connectivity index (χ0n) is 19.3. The molecular formula is C30H24O6. The number of hydrogen-bond acceptors (Lipinski definition) is 6. The maximum atomic E-state index is 11.2. The molecule has 6 nitrogen and oxygen atoms in total. The summed E-state index contributed by atoms with van der Waals surface area (Å²) in [6.07, 6.45) is 2.20. The quantitative estimate of drug-likeness (QED) is 0.191. The van der Waals surface area contributed by atoms with E-state index in [9.17, 15) is 19.8 Å². The standard InChI is InChI=1S/C18H14O4.C12H10O2/c1-3-17(19)21-15-9-5-7-13(11-15)14-8-6-10-16(12-14)22-18(20)4-2;13-11-5-1-3-9(7-11)10-4-2-6-12(14)8-10/h3-12H,1-2H2;1-8,13-14H. The Balaban J connectivity index is 0.000000221. The molecule has 0 spiro atoms. The van der Waals surface area contributed by atoms with Gasteiger partial charge in [-0.3, -0.25) is 0 Å². The molecular weight excluding hydrogens is 456 g/mol. The van der Waals surface area contributed by atoms with Gasteiger partial charge >= 0.3 is 11.9 Å². The Labute approximate surface area is 209 Å². The minimum Gasteiger partial charge on any atom is -0.508 e. The van der Waals surface area contributed by atoms with Gasteiger partial charge in [0.1, 0.15) is 23.0 Å². The smallest absolute Gasteiger partial charge is 0.335 e. The van der Waals surface area contributed by atoms with Crippen molar-refractivity contribution in [1.82, 2.24) is 0 Å². The Hall–Kier alpha value is -5.10. The third-order valence-corrected chi connectivity index (χ3v) is 4.80. The summed E-state index contributed by atoms with van der Waals surface area (Å²) in [5.74, 6) is 0.236. The van der Waals surface area contributed by atoms with Crippen molar-refractivity contribution >= 4 is 11.9 Å². The molecule has 36 heavy (non-hydrogen) atoms. The lowest BCUT2D eigenvalue weighted by Gasteiger charge is -2.07. The molecule has 0 aliphatic heterocycles. The fourth-order valence-electron chi connectivity index (χ4n) is 3.16. The molecule has 0 heterocycles. The van der Waals surface area contributed by atoms with Gasteiger partial charge in [-0.25, -0.2) is 9.59 Å². The number of hydrogen-bond donors (Lipinski definition) is 2. The average Bonchev–Trinajstić information content (AvgIpc) is 2.89. The average molecular weight is 481 g/mol. The maximum absolute atomic E-state index is 11.2. The lowest BCUT2D eigenvalue weighted by molar-refractivity contribution is -0.129.